The fourth-order valence-corrected chi connectivity index (χ4v) is 2.78. The number of rotatable bonds is 4. The second-order valence-electron chi connectivity index (χ2n) is 6.32. The highest BCUT2D eigenvalue weighted by atomic mass is 19.1. The molecule has 2 N–H and O–H groups in total. The van der Waals surface area contributed by atoms with Crippen molar-refractivity contribution in [3.8, 4) is 5.75 Å². The van der Waals surface area contributed by atoms with Gasteiger partial charge in [-0.25, -0.2) is 14.0 Å². The summed E-state index contributed by atoms with van der Waals surface area (Å²) in [6, 6.07) is 11.6. The van der Waals surface area contributed by atoms with Gasteiger partial charge in [-0.15, -0.1) is 0 Å². The standard InChI is InChI=1S/C20H19FN2O4/c1-23(2)20(25)26-14-6-7-15-17(11-21)16(19(24)27-18(15)10-14)9-12-4-3-5-13(22)8-12/h3-8,10H,9,11,22H2,1-2H3. The van der Waals surface area contributed by atoms with Gasteiger partial charge in [-0.1, -0.05) is 12.1 Å². The largest absolute Gasteiger partial charge is 0.422 e. The Balaban J connectivity index is 2.05. The molecule has 0 spiro atoms. The Kier molecular flexibility index (Phi) is 5.12. The number of carbonyl (C=O) groups is 1. The second-order valence-corrected chi connectivity index (χ2v) is 6.32. The van der Waals surface area contributed by atoms with E-state index in [-0.39, 0.29) is 28.9 Å². The van der Waals surface area contributed by atoms with Crippen LogP contribution in [0.15, 0.2) is 51.7 Å². The lowest BCUT2D eigenvalue weighted by Crippen LogP contribution is -2.25. The number of halogens is 1. The number of alkyl halides is 1. The van der Waals surface area contributed by atoms with E-state index in [1.807, 2.05) is 6.07 Å². The number of nitrogens with two attached hydrogens (primary N) is 1. The Bertz CT molecular complexity index is 1060. The van der Waals surface area contributed by atoms with E-state index in [4.69, 9.17) is 14.9 Å². The predicted octanol–water partition coefficient (Wildman–Crippen LogP) is 3.50. The van der Waals surface area contributed by atoms with Crippen LogP contribution in [0, 0.1) is 0 Å². The topological polar surface area (TPSA) is 85.8 Å². The van der Waals surface area contributed by atoms with Gasteiger partial charge in [0.05, 0.1) is 0 Å². The molecule has 0 atom stereocenters. The smallest absolute Gasteiger partial charge is 0.414 e. The van der Waals surface area contributed by atoms with E-state index in [1.165, 1.54) is 17.0 Å². The van der Waals surface area contributed by atoms with Gasteiger partial charge >= 0.3 is 11.7 Å². The number of hydrogen-bond donors (Lipinski definition) is 1. The molecule has 0 unspecified atom stereocenters. The number of nitrogen functional groups attached to an aromatic ring is 1. The van der Waals surface area contributed by atoms with Gasteiger partial charge in [-0.2, -0.15) is 0 Å². The fourth-order valence-electron chi connectivity index (χ4n) is 2.78. The molecular weight excluding hydrogens is 351 g/mol. The predicted molar refractivity (Wildman–Crippen MR) is 101 cm³/mol. The molecule has 6 nitrogen and oxygen atoms in total. The van der Waals surface area contributed by atoms with E-state index in [1.54, 1.807) is 38.4 Å². The van der Waals surface area contributed by atoms with Gasteiger partial charge in [0.15, 0.2) is 0 Å². The molecule has 3 aromatic rings. The van der Waals surface area contributed by atoms with Crippen molar-refractivity contribution in [3.63, 3.8) is 0 Å². The van der Waals surface area contributed by atoms with Crippen LogP contribution < -0.4 is 16.1 Å². The highest BCUT2D eigenvalue weighted by molar-refractivity contribution is 5.83. The van der Waals surface area contributed by atoms with Crippen molar-refractivity contribution < 1.29 is 18.3 Å². The molecular formula is C20H19FN2O4. The summed E-state index contributed by atoms with van der Waals surface area (Å²) < 4.78 is 24.3. The van der Waals surface area contributed by atoms with E-state index in [0.29, 0.717) is 11.1 Å². The van der Waals surface area contributed by atoms with Gasteiger partial charge in [-0.05, 0) is 29.8 Å². The molecule has 1 aromatic heterocycles. The molecule has 27 heavy (non-hydrogen) atoms. The summed E-state index contributed by atoms with van der Waals surface area (Å²) >= 11 is 0. The zero-order chi connectivity index (χ0) is 19.6. The van der Waals surface area contributed by atoms with E-state index >= 15 is 0 Å². The van der Waals surface area contributed by atoms with Gasteiger partial charge in [0.2, 0.25) is 0 Å². The first-order chi connectivity index (χ1) is 12.9. The minimum Gasteiger partial charge on any atom is -0.422 e. The molecule has 0 aliphatic carbocycles. The zero-order valence-electron chi connectivity index (χ0n) is 15.0. The summed E-state index contributed by atoms with van der Waals surface area (Å²) in [7, 11) is 3.10. The molecule has 0 bridgehead atoms. The number of nitrogens with zero attached hydrogens (tertiary/aromatic N) is 1. The molecule has 3 rings (SSSR count). The van der Waals surface area contributed by atoms with Crippen LogP contribution in [0.25, 0.3) is 11.0 Å². The number of fused-ring (bicyclic) bond motifs is 1. The van der Waals surface area contributed by atoms with Gasteiger partial charge < -0.3 is 19.8 Å². The monoisotopic (exact) mass is 370 g/mol. The van der Waals surface area contributed by atoms with E-state index in [0.717, 1.165) is 5.56 Å². The Morgan fingerprint density at radius 2 is 1.96 bits per heavy atom. The van der Waals surface area contributed by atoms with Crippen LogP contribution in [0.2, 0.25) is 0 Å². The van der Waals surface area contributed by atoms with Crippen molar-refractivity contribution in [2.24, 2.45) is 0 Å². The zero-order valence-corrected chi connectivity index (χ0v) is 15.0. The summed E-state index contributed by atoms with van der Waals surface area (Å²) in [4.78, 5) is 25.4. The number of carbonyl (C=O) groups excluding carboxylic acids is 1. The number of ether oxygens (including phenoxy) is 1. The molecule has 7 heteroatoms. The summed E-state index contributed by atoms with van der Waals surface area (Å²) in [6.07, 6.45) is -0.361. The molecule has 0 fully saturated rings. The number of hydrogen-bond acceptors (Lipinski definition) is 5. The maximum absolute atomic E-state index is 13.8. The average molecular weight is 370 g/mol. The van der Waals surface area contributed by atoms with Crippen LogP contribution in [0.3, 0.4) is 0 Å². The Morgan fingerprint density at radius 1 is 1.19 bits per heavy atom. The van der Waals surface area contributed by atoms with Crippen molar-refractivity contribution >= 4 is 22.7 Å². The summed E-state index contributed by atoms with van der Waals surface area (Å²) in [5.74, 6) is 0.206. The molecule has 0 saturated carbocycles. The number of amides is 1. The van der Waals surface area contributed by atoms with Crippen LogP contribution in [0.5, 0.6) is 5.75 Å². The molecule has 2 aromatic carbocycles. The molecule has 0 aliphatic rings. The third-order valence-electron chi connectivity index (χ3n) is 4.13. The van der Waals surface area contributed by atoms with Gasteiger partial charge in [0.1, 0.15) is 18.0 Å². The minimum atomic E-state index is -0.823. The Labute approximate surface area is 155 Å². The average Bonchev–Trinajstić information content (AvgIpc) is 2.62. The molecule has 0 aliphatic heterocycles. The van der Waals surface area contributed by atoms with Crippen molar-refractivity contribution in [1.82, 2.24) is 4.90 Å². The Hall–Kier alpha value is -3.35. The maximum atomic E-state index is 13.8. The maximum Gasteiger partial charge on any atom is 0.414 e. The van der Waals surface area contributed by atoms with Crippen molar-refractivity contribution in [3.05, 3.63) is 69.6 Å². The number of anilines is 1. The quantitative estimate of drug-likeness (QED) is 0.561. The second kappa shape index (κ2) is 7.49. The Morgan fingerprint density at radius 3 is 2.63 bits per heavy atom. The summed E-state index contributed by atoms with van der Waals surface area (Å²) in [6.45, 7) is -0.823. The van der Waals surface area contributed by atoms with Crippen LogP contribution in [-0.2, 0) is 13.1 Å². The first-order valence-electron chi connectivity index (χ1n) is 8.27. The molecule has 0 radical (unpaired) electrons. The first kappa shape index (κ1) is 18.4. The van der Waals surface area contributed by atoms with Crippen LogP contribution in [0.4, 0.5) is 14.9 Å². The van der Waals surface area contributed by atoms with Crippen molar-refractivity contribution in [2.45, 2.75) is 13.1 Å². The summed E-state index contributed by atoms with van der Waals surface area (Å²) in [5, 5.41) is 0.459. The molecule has 1 heterocycles. The molecule has 0 saturated heterocycles. The van der Waals surface area contributed by atoms with Crippen LogP contribution in [-0.4, -0.2) is 25.1 Å². The fraction of sp³-hybridized carbons (Fsp3) is 0.200. The third-order valence-corrected chi connectivity index (χ3v) is 4.13. The molecule has 1 amide bonds. The SMILES string of the molecule is CN(C)C(=O)Oc1ccc2c(CF)c(Cc3cccc(N)c3)c(=O)oc2c1. The van der Waals surface area contributed by atoms with Gasteiger partial charge in [-0.3, -0.25) is 0 Å². The number of benzene rings is 2. The van der Waals surface area contributed by atoms with Gasteiger partial charge in [0.25, 0.3) is 0 Å². The highest BCUT2D eigenvalue weighted by Crippen LogP contribution is 2.27. The lowest BCUT2D eigenvalue weighted by molar-refractivity contribution is 0.172. The summed E-state index contributed by atoms with van der Waals surface area (Å²) in [5.41, 5.74) is 7.15. The van der Waals surface area contributed by atoms with Gasteiger partial charge in [0, 0.05) is 48.8 Å². The first-order valence-corrected chi connectivity index (χ1v) is 8.27. The van der Waals surface area contributed by atoms with Crippen LogP contribution in [0.1, 0.15) is 16.7 Å². The van der Waals surface area contributed by atoms with Crippen LogP contribution >= 0.6 is 0 Å². The highest BCUT2D eigenvalue weighted by Gasteiger charge is 2.17. The van der Waals surface area contributed by atoms with Crippen molar-refractivity contribution in [2.75, 3.05) is 19.8 Å². The minimum absolute atomic E-state index is 0.160. The van der Waals surface area contributed by atoms with Crippen molar-refractivity contribution in [1.29, 1.82) is 0 Å². The van der Waals surface area contributed by atoms with E-state index in [9.17, 15) is 14.0 Å². The molecule has 140 valence electrons. The lowest BCUT2D eigenvalue weighted by Gasteiger charge is -2.12. The van der Waals surface area contributed by atoms with E-state index < -0.39 is 18.4 Å². The normalized spacial score (nSPS) is 10.8. The third kappa shape index (κ3) is 3.92. The van der Waals surface area contributed by atoms with E-state index in [2.05, 4.69) is 0 Å². The lowest BCUT2D eigenvalue weighted by atomic mass is 9.99.